The van der Waals surface area contributed by atoms with Crippen LogP contribution in [0.3, 0.4) is 0 Å². The molecule has 1 aromatic rings. The van der Waals surface area contributed by atoms with Gasteiger partial charge < -0.3 is 26.2 Å². The number of hydrogen-bond acceptors (Lipinski definition) is 8. The number of nitrogens with zero attached hydrogens (tertiary/aromatic N) is 3. The Bertz CT molecular complexity index is 1280. The smallest absolute Gasteiger partial charge is 0.289 e. The van der Waals surface area contributed by atoms with Gasteiger partial charge >= 0.3 is 0 Å². The lowest BCUT2D eigenvalue weighted by Gasteiger charge is -2.37. The number of amides is 5. The van der Waals surface area contributed by atoms with Gasteiger partial charge in [0.05, 0.1) is 12.2 Å². The van der Waals surface area contributed by atoms with Crippen molar-refractivity contribution < 1.29 is 28.8 Å². The van der Waals surface area contributed by atoms with E-state index in [0.717, 1.165) is 38.5 Å². The molecule has 0 bridgehead atoms. The molecule has 0 spiro atoms. The first-order valence-corrected chi connectivity index (χ1v) is 16.8. The Morgan fingerprint density at radius 2 is 1.59 bits per heavy atom. The van der Waals surface area contributed by atoms with E-state index in [1.807, 2.05) is 20.8 Å². The first kappa shape index (κ1) is 35.0. The molecule has 2 aliphatic carbocycles. The molecule has 4 N–H and O–H groups in total. The Morgan fingerprint density at radius 1 is 0.891 bits per heavy atom. The van der Waals surface area contributed by atoms with Gasteiger partial charge in [-0.1, -0.05) is 53.9 Å². The van der Waals surface area contributed by atoms with Crippen LogP contribution in [0.2, 0.25) is 0 Å². The van der Waals surface area contributed by atoms with Crippen LogP contribution in [0.5, 0.6) is 0 Å². The first-order chi connectivity index (χ1) is 21.9. The number of Topliss-reactive ketones (excluding diaryl/α,β-unsaturated/α-hetero) is 1. The second-order valence-corrected chi connectivity index (χ2v) is 13.6. The van der Waals surface area contributed by atoms with Crippen molar-refractivity contribution in [2.45, 2.75) is 129 Å². The van der Waals surface area contributed by atoms with Gasteiger partial charge in [0.25, 0.3) is 11.8 Å². The van der Waals surface area contributed by atoms with Gasteiger partial charge in [0.2, 0.25) is 23.5 Å². The lowest BCUT2D eigenvalue weighted by Crippen LogP contribution is -2.61. The lowest BCUT2D eigenvalue weighted by atomic mass is 9.84. The third-order valence-corrected chi connectivity index (χ3v) is 9.25. The lowest BCUT2D eigenvalue weighted by molar-refractivity contribution is -0.146. The van der Waals surface area contributed by atoms with Crippen molar-refractivity contribution in [3.05, 3.63) is 24.3 Å². The van der Waals surface area contributed by atoms with E-state index in [1.54, 1.807) is 18.7 Å². The van der Waals surface area contributed by atoms with E-state index in [4.69, 9.17) is 0 Å². The fraction of sp³-hybridized carbons (Fsp3) is 0.697. The zero-order valence-electron chi connectivity index (χ0n) is 27.6. The van der Waals surface area contributed by atoms with Crippen LogP contribution >= 0.6 is 0 Å². The van der Waals surface area contributed by atoms with E-state index < -0.39 is 53.6 Å². The Hall–Kier alpha value is -3.90. The van der Waals surface area contributed by atoms with E-state index in [1.165, 1.54) is 18.6 Å². The summed E-state index contributed by atoms with van der Waals surface area (Å²) in [7, 11) is 0. The van der Waals surface area contributed by atoms with Crippen molar-refractivity contribution in [3.8, 4) is 0 Å². The van der Waals surface area contributed by atoms with Crippen molar-refractivity contribution in [1.82, 2.24) is 36.1 Å². The molecular formula is C33H49N7O6. The van der Waals surface area contributed by atoms with Crippen LogP contribution in [-0.4, -0.2) is 86.4 Å². The number of ketones is 1. The maximum absolute atomic E-state index is 14.4. The summed E-state index contributed by atoms with van der Waals surface area (Å²) >= 11 is 0. The van der Waals surface area contributed by atoms with Crippen LogP contribution in [0.15, 0.2) is 18.6 Å². The molecule has 4 rings (SSSR count). The van der Waals surface area contributed by atoms with Crippen molar-refractivity contribution in [3.63, 3.8) is 0 Å². The molecule has 3 fully saturated rings. The summed E-state index contributed by atoms with van der Waals surface area (Å²) in [4.78, 5) is 89.9. The maximum Gasteiger partial charge on any atom is 0.289 e. The summed E-state index contributed by atoms with van der Waals surface area (Å²) < 4.78 is 0. The summed E-state index contributed by atoms with van der Waals surface area (Å²) in [6, 6.07) is -3.90. The van der Waals surface area contributed by atoms with Crippen LogP contribution in [0.25, 0.3) is 0 Å². The van der Waals surface area contributed by atoms with Gasteiger partial charge in [0, 0.05) is 24.5 Å². The molecule has 2 heterocycles. The van der Waals surface area contributed by atoms with Gasteiger partial charge in [-0.2, -0.15) is 0 Å². The average Bonchev–Trinajstić information content (AvgIpc) is 3.77. The molecule has 252 valence electrons. The second kappa shape index (κ2) is 15.6. The minimum atomic E-state index is -0.985. The van der Waals surface area contributed by atoms with Crippen molar-refractivity contribution in [2.24, 2.45) is 17.8 Å². The Balaban J connectivity index is 1.52. The molecule has 6 atom stereocenters. The minimum Gasteiger partial charge on any atom is -0.347 e. The van der Waals surface area contributed by atoms with Crippen LogP contribution in [0.1, 0.15) is 103 Å². The number of aromatic nitrogens is 2. The zero-order chi connectivity index (χ0) is 33.5. The number of likely N-dealkylation sites (tertiary alicyclic amines) is 1. The number of carbonyl (C=O) groups excluding carboxylic acids is 6. The largest absolute Gasteiger partial charge is 0.347 e. The van der Waals surface area contributed by atoms with Gasteiger partial charge in [0.1, 0.15) is 23.8 Å². The Kier molecular flexibility index (Phi) is 11.9. The molecule has 13 nitrogen and oxygen atoms in total. The van der Waals surface area contributed by atoms with Crippen molar-refractivity contribution in [1.29, 1.82) is 0 Å². The van der Waals surface area contributed by atoms with Gasteiger partial charge in [-0.15, -0.1) is 0 Å². The number of fused-ring (bicyclic) bond motifs is 1. The molecule has 3 unspecified atom stereocenters. The molecule has 0 aromatic carbocycles. The number of hydrogen-bond donors (Lipinski definition) is 4. The van der Waals surface area contributed by atoms with E-state index in [2.05, 4.69) is 31.2 Å². The van der Waals surface area contributed by atoms with Gasteiger partial charge in [-0.05, 0) is 56.3 Å². The molecule has 13 heteroatoms. The predicted octanol–water partition coefficient (Wildman–Crippen LogP) is 1.66. The van der Waals surface area contributed by atoms with Gasteiger partial charge in [-0.25, -0.2) is 4.98 Å². The quantitative estimate of drug-likeness (QED) is 0.222. The van der Waals surface area contributed by atoms with E-state index >= 15 is 0 Å². The molecule has 1 aliphatic heterocycles. The summed E-state index contributed by atoms with van der Waals surface area (Å²) in [5.41, 5.74) is 0.0663. The highest BCUT2D eigenvalue weighted by Crippen LogP contribution is 2.40. The highest BCUT2D eigenvalue weighted by Gasteiger charge is 2.50. The number of carbonyl (C=O) groups is 6. The third-order valence-electron chi connectivity index (χ3n) is 9.25. The SMILES string of the molecule is CCCC(NC(=O)[C@H]1CC2CCCCC2N1C(=O)[C@@H](NC(=O)[C@@H](NC(=O)c1cnccn1)C(C)C)C(C)C)C(=O)C(=O)NC1CC1. The molecule has 1 saturated heterocycles. The van der Waals surface area contributed by atoms with Crippen LogP contribution in [0, 0.1) is 17.8 Å². The highest BCUT2D eigenvalue weighted by molar-refractivity contribution is 6.38. The summed E-state index contributed by atoms with van der Waals surface area (Å²) in [6.07, 6.45) is 10.7. The molecule has 2 saturated carbocycles. The van der Waals surface area contributed by atoms with Crippen LogP contribution in [0.4, 0.5) is 0 Å². The van der Waals surface area contributed by atoms with Crippen LogP contribution < -0.4 is 21.3 Å². The normalized spacial score (nSPS) is 22.8. The fourth-order valence-electron chi connectivity index (χ4n) is 6.56. The highest BCUT2D eigenvalue weighted by atomic mass is 16.2. The standard InChI is InChI=1S/C33H49N7O6/c1-6-9-22(28(41)32(45)36-21-12-13-21)37-30(43)25-16-20-10-7-8-11-24(20)40(25)33(46)27(19(4)5)39-31(44)26(18(2)3)38-29(42)23-17-34-14-15-35-23/h14-15,17-22,24-27H,6-13,16H2,1-5H3,(H,36,45)(H,37,43)(H,38,42)(H,39,44)/t20?,22?,24?,25-,26+,27+/m1/s1. The topological polar surface area (TPSA) is 180 Å². The molecule has 0 radical (unpaired) electrons. The molecule has 5 amide bonds. The fourth-order valence-corrected chi connectivity index (χ4v) is 6.56. The molecular weight excluding hydrogens is 590 g/mol. The van der Waals surface area contributed by atoms with E-state index in [-0.39, 0.29) is 41.4 Å². The summed E-state index contributed by atoms with van der Waals surface area (Å²) in [5.74, 6) is -3.79. The first-order valence-electron chi connectivity index (χ1n) is 16.8. The van der Waals surface area contributed by atoms with Gasteiger partial charge in [-0.3, -0.25) is 33.8 Å². The van der Waals surface area contributed by atoms with Crippen molar-refractivity contribution in [2.75, 3.05) is 0 Å². The monoisotopic (exact) mass is 639 g/mol. The molecule has 3 aliphatic rings. The minimum absolute atomic E-state index is 0.0132. The summed E-state index contributed by atoms with van der Waals surface area (Å²) in [6.45, 7) is 9.10. The Labute approximate surface area is 270 Å². The maximum atomic E-state index is 14.4. The number of rotatable bonds is 14. The third kappa shape index (κ3) is 8.47. The average molecular weight is 640 g/mol. The van der Waals surface area contributed by atoms with Gasteiger partial charge in [0.15, 0.2) is 0 Å². The van der Waals surface area contributed by atoms with Crippen molar-refractivity contribution >= 4 is 35.3 Å². The van der Waals surface area contributed by atoms with E-state index in [0.29, 0.717) is 19.3 Å². The predicted molar refractivity (Wildman–Crippen MR) is 169 cm³/mol. The van der Waals surface area contributed by atoms with E-state index in [9.17, 15) is 28.8 Å². The molecule has 1 aromatic heterocycles. The Morgan fingerprint density at radius 3 is 2.20 bits per heavy atom. The van der Waals surface area contributed by atoms with Crippen LogP contribution in [-0.2, 0) is 24.0 Å². The molecule has 46 heavy (non-hydrogen) atoms. The number of nitrogens with one attached hydrogen (secondary N) is 4. The second-order valence-electron chi connectivity index (χ2n) is 13.6. The zero-order valence-corrected chi connectivity index (χ0v) is 27.6. The summed E-state index contributed by atoms with van der Waals surface area (Å²) in [5, 5.41) is 11.1.